The maximum Gasteiger partial charge on any atom is 0.406 e. The quantitative estimate of drug-likeness (QED) is 0.564. The third kappa shape index (κ3) is 4.50. The van der Waals surface area contributed by atoms with Crippen molar-refractivity contribution in [3.63, 3.8) is 0 Å². The van der Waals surface area contributed by atoms with Gasteiger partial charge in [0.15, 0.2) is 5.82 Å². The summed E-state index contributed by atoms with van der Waals surface area (Å²) >= 11 is 0. The van der Waals surface area contributed by atoms with Crippen LogP contribution in [0.25, 0.3) is 10.9 Å². The number of alkyl halides is 3. The first-order valence-corrected chi connectivity index (χ1v) is 10.1. The molecular formula is C21H19F5N6O2. The Kier molecular flexibility index (Phi) is 5.87. The van der Waals surface area contributed by atoms with Gasteiger partial charge in [0.1, 0.15) is 24.7 Å². The molecule has 2 N–H and O–H groups in total. The summed E-state index contributed by atoms with van der Waals surface area (Å²) in [6.07, 6.45) is -3.72. The summed E-state index contributed by atoms with van der Waals surface area (Å²) in [5, 5.41) is 4.41. The fourth-order valence-corrected chi connectivity index (χ4v) is 3.83. The third-order valence-corrected chi connectivity index (χ3v) is 5.54. The second-order valence-electron chi connectivity index (χ2n) is 8.04. The van der Waals surface area contributed by atoms with Crippen molar-refractivity contribution in [1.82, 2.24) is 24.6 Å². The van der Waals surface area contributed by atoms with Crippen molar-refractivity contribution in [2.75, 3.05) is 32.4 Å². The van der Waals surface area contributed by atoms with E-state index in [1.165, 1.54) is 23.1 Å². The van der Waals surface area contributed by atoms with Crippen LogP contribution in [0.3, 0.4) is 0 Å². The Morgan fingerprint density at radius 2 is 1.91 bits per heavy atom. The highest BCUT2D eigenvalue weighted by Crippen LogP contribution is 2.34. The molecule has 3 aromatic rings. The van der Waals surface area contributed by atoms with Gasteiger partial charge in [0, 0.05) is 26.1 Å². The van der Waals surface area contributed by atoms with E-state index in [1.54, 1.807) is 0 Å². The van der Waals surface area contributed by atoms with Gasteiger partial charge < -0.3 is 15.5 Å². The van der Waals surface area contributed by atoms with E-state index < -0.39 is 48.6 Å². The van der Waals surface area contributed by atoms with Crippen molar-refractivity contribution >= 4 is 28.5 Å². The number of hydrogen-bond acceptors (Lipinski definition) is 5. The van der Waals surface area contributed by atoms with Crippen LogP contribution in [-0.4, -0.2) is 69.2 Å². The molecule has 34 heavy (non-hydrogen) atoms. The first-order chi connectivity index (χ1) is 15.9. The van der Waals surface area contributed by atoms with Crippen LogP contribution in [0.2, 0.25) is 0 Å². The third-order valence-electron chi connectivity index (χ3n) is 5.54. The Morgan fingerprint density at radius 3 is 2.59 bits per heavy atom. The molecule has 1 saturated heterocycles. The largest absolute Gasteiger partial charge is 0.406 e. The minimum absolute atomic E-state index is 0.0196. The number of fused-ring (bicyclic) bond motifs is 1. The van der Waals surface area contributed by atoms with Crippen molar-refractivity contribution in [3.05, 3.63) is 53.4 Å². The van der Waals surface area contributed by atoms with Gasteiger partial charge in [0.2, 0.25) is 5.91 Å². The highest BCUT2D eigenvalue weighted by molar-refractivity contribution is 5.96. The van der Waals surface area contributed by atoms with E-state index in [4.69, 9.17) is 5.73 Å². The maximum absolute atomic E-state index is 14.7. The van der Waals surface area contributed by atoms with Crippen LogP contribution in [0.1, 0.15) is 22.0 Å². The van der Waals surface area contributed by atoms with Crippen LogP contribution in [-0.2, 0) is 11.3 Å². The van der Waals surface area contributed by atoms with E-state index in [0.29, 0.717) is 4.90 Å². The number of aromatic nitrogens is 3. The molecule has 0 saturated carbocycles. The number of halogens is 5. The molecule has 0 unspecified atom stereocenters. The van der Waals surface area contributed by atoms with E-state index in [-0.39, 0.29) is 41.1 Å². The molecule has 3 heterocycles. The van der Waals surface area contributed by atoms with Crippen molar-refractivity contribution in [2.45, 2.75) is 18.6 Å². The molecule has 8 nitrogen and oxygen atoms in total. The Labute approximate surface area is 189 Å². The monoisotopic (exact) mass is 482 g/mol. The molecule has 2 aromatic heterocycles. The Bertz CT molecular complexity index is 1270. The van der Waals surface area contributed by atoms with Gasteiger partial charge in [-0.3, -0.25) is 14.3 Å². The van der Waals surface area contributed by atoms with Gasteiger partial charge in [-0.15, -0.1) is 0 Å². The number of anilines is 1. The topological polar surface area (TPSA) is 97.4 Å². The molecule has 0 bridgehead atoms. The van der Waals surface area contributed by atoms with Crippen molar-refractivity contribution in [2.24, 2.45) is 0 Å². The number of nitrogens with two attached hydrogens (primary N) is 1. The summed E-state index contributed by atoms with van der Waals surface area (Å²) in [5.41, 5.74) is 5.78. The lowest BCUT2D eigenvalue weighted by molar-refractivity contribution is -0.158. The molecule has 13 heteroatoms. The van der Waals surface area contributed by atoms with Crippen molar-refractivity contribution in [1.29, 1.82) is 0 Å². The number of carbonyl (C=O) groups is 2. The standard InChI is InChI=1S/C21H19F5N6O2/c1-30(10-21(24,25)26)17(33)9-32-15-4-2-3-13(22)18(15)19(29-32)11-7-31(8-11)20(34)12-5-16(27)28-6-14(12)23/h2-6,11H,7-10H2,1H3,(H2,27,28). The zero-order valence-electron chi connectivity index (χ0n) is 17.8. The number of nitrogens with zero attached hydrogens (tertiary/aromatic N) is 5. The number of carbonyl (C=O) groups excluding carboxylic acids is 2. The minimum Gasteiger partial charge on any atom is -0.384 e. The number of pyridine rings is 1. The molecule has 4 rings (SSSR count). The Hall–Kier alpha value is -3.77. The number of amides is 2. The highest BCUT2D eigenvalue weighted by atomic mass is 19.4. The SMILES string of the molecule is CN(CC(F)(F)F)C(=O)Cn1nc(C2CN(C(=O)c3cc(N)ncc3F)C2)c2c(F)cccc21. The molecule has 1 aliphatic heterocycles. The van der Waals surface area contributed by atoms with Crippen LogP contribution >= 0.6 is 0 Å². The summed E-state index contributed by atoms with van der Waals surface area (Å²) in [7, 11) is 1.02. The minimum atomic E-state index is -4.56. The molecular weight excluding hydrogens is 463 g/mol. The Morgan fingerprint density at radius 1 is 1.21 bits per heavy atom. The fraction of sp³-hybridized carbons (Fsp3) is 0.333. The number of likely N-dealkylation sites (tertiary alicyclic amines) is 1. The summed E-state index contributed by atoms with van der Waals surface area (Å²) in [5.74, 6) is -3.36. The molecule has 0 atom stereocenters. The smallest absolute Gasteiger partial charge is 0.384 e. The zero-order valence-corrected chi connectivity index (χ0v) is 17.8. The van der Waals surface area contributed by atoms with Gasteiger partial charge in [-0.05, 0) is 18.2 Å². The van der Waals surface area contributed by atoms with E-state index in [1.807, 2.05) is 0 Å². The lowest BCUT2D eigenvalue weighted by Crippen LogP contribution is -2.49. The summed E-state index contributed by atoms with van der Waals surface area (Å²) in [6, 6.07) is 5.23. The maximum atomic E-state index is 14.7. The van der Waals surface area contributed by atoms with Crippen LogP contribution in [0, 0.1) is 11.6 Å². The van der Waals surface area contributed by atoms with Gasteiger partial charge in [-0.2, -0.15) is 18.3 Å². The van der Waals surface area contributed by atoms with Crippen molar-refractivity contribution < 1.29 is 31.5 Å². The van der Waals surface area contributed by atoms with Crippen LogP contribution in [0.4, 0.5) is 27.8 Å². The van der Waals surface area contributed by atoms with Gasteiger partial charge in [-0.1, -0.05) is 6.07 Å². The molecule has 180 valence electrons. The Balaban J connectivity index is 1.56. The van der Waals surface area contributed by atoms with Gasteiger partial charge in [-0.25, -0.2) is 13.8 Å². The van der Waals surface area contributed by atoms with Crippen LogP contribution < -0.4 is 5.73 Å². The average Bonchev–Trinajstić information content (AvgIpc) is 3.06. The summed E-state index contributed by atoms with van der Waals surface area (Å²) in [6.45, 7) is -1.75. The van der Waals surface area contributed by atoms with Crippen LogP contribution in [0.5, 0.6) is 0 Å². The van der Waals surface area contributed by atoms with Gasteiger partial charge in [0.05, 0.1) is 28.4 Å². The predicted molar refractivity (Wildman–Crippen MR) is 111 cm³/mol. The lowest BCUT2D eigenvalue weighted by Gasteiger charge is -2.38. The van der Waals surface area contributed by atoms with E-state index in [9.17, 15) is 31.5 Å². The lowest BCUT2D eigenvalue weighted by atomic mass is 9.93. The average molecular weight is 482 g/mol. The number of benzene rings is 1. The predicted octanol–water partition coefficient (Wildman–Crippen LogP) is 2.55. The molecule has 2 amide bonds. The number of rotatable bonds is 5. The van der Waals surface area contributed by atoms with Crippen LogP contribution in [0.15, 0.2) is 30.5 Å². The first kappa shape index (κ1) is 23.4. The number of hydrogen-bond donors (Lipinski definition) is 1. The fourth-order valence-electron chi connectivity index (χ4n) is 3.83. The van der Waals surface area contributed by atoms with E-state index in [2.05, 4.69) is 10.1 Å². The molecule has 1 aliphatic rings. The summed E-state index contributed by atoms with van der Waals surface area (Å²) < 4.78 is 67.6. The molecule has 0 radical (unpaired) electrons. The van der Waals surface area contributed by atoms with E-state index >= 15 is 0 Å². The van der Waals surface area contributed by atoms with E-state index in [0.717, 1.165) is 24.0 Å². The zero-order chi connectivity index (χ0) is 24.8. The second kappa shape index (κ2) is 8.54. The molecule has 1 aromatic carbocycles. The number of likely N-dealkylation sites (N-methyl/N-ethyl adjacent to an activating group) is 1. The molecule has 0 spiro atoms. The number of nitrogen functional groups attached to an aromatic ring is 1. The normalized spacial score (nSPS) is 14.4. The molecule has 1 fully saturated rings. The second-order valence-corrected chi connectivity index (χ2v) is 8.04. The molecule has 0 aliphatic carbocycles. The van der Waals surface area contributed by atoms with Crippen molar-refractivity contribution in [3.8, 4) is 0 Å². The first-order valence-electron chi connectivity index (χ1n) is 10.1. The van der Waals surface area contributed by atoms with Gasteiger partial charge in [0.25, 0.3) is 5.91 Å². The highest BCUT2D eigenvalue weighted by Gasteiger charge is 2.37. The van der Waals surface area contributed by atoms with Gasteiger partial charge >= 0.3 is 6.18 Å². The summed E-state index contributed by atoms with van der Waals surface area (Å²) in [4.78, 5) is 30.3.